The number of ketones is 1. The molecule has 2 rings (SSSR count). The van der Waals surface area contributed by atoms with Gasteiger partial charge in [-0.25, -0.2) is 4.98 Å². The quantitative estimate of drug-likeness (QED) is 0.322. The molecule has 0 aliphatic rings. The summed E-state index contributed by atoms with van der Waals surface area (Å²) in [6.07, 6.45) is 3.29. The molecular weight excluding hydrogens is 488 g/mol. The van der Waals surface area contributed by atoms with Crippen molar-refractivity contribution in [2.45, 2.75) is 66.2 Å². The summed E-state index contributed by atoms with van der Waals surface area (Å²) in [5.41, 5.74) is -0.258. The van der Waals surface area contributed by atoms with E-state index in [-0.39, 0.29) is 12.5 Å². The first-order valence-corrected chi connectivity index (χ1v) is 12.5. The highest BCUT2D eigenvalue weighted by atomic mass is 16.2. The van der Waals surface area contributed by atoms with Crippen LogP contribution in [0.3, 0.4) is 0 Å². The predicted molar refractivity (Wildman–Crippen MR) is 142 cm³/mol. The number of nitrogens with zero attached hydrogens (tertiary/aromatic N) is 2. The fraction of sp³-hybridized carbons (Fsp3) is 0.481. The van der Waals surface area contributed by atoms with Crippen molar-refractivity contribution >= 4 is 29.4 Å². The number of amides is 4. The summed E-state index contributed by atoms with van der Waals surface area (Å²) in [6, 6.07) is 5.42. The van der Waals surface area contributed by atoms with E-state index >= 15 is 0 Å². The van der Waals surface area contributed by atoms with Crippen LogP contribution in [-0.2, 0) is 32.8 Å². The minimum absolute atomic E-state index is 0.0577. The summed E-state index contributed by atoms with van der Waals surface area (Å²) in [5.74, 6) is -3.07. The minimum atomic E-state index is -1.10. The summed E-state index contributed by atoms with van der Waals surface area (Å²) in [4.78, 5) is 68.1. The maximum atomic E-state index is 13.1. The second kappa shape index (κ2) is 13.0. The molecule has 3 unspecified atom stereocenters. The fourth-order valence-corrected chi connectivity index (χ4v) is 3.61. The topological polar surface area (TPSA) is 151 Å². The largest absolute Gasteiger partial charge is 0.344 e. The lowest BCUT2D eigenvalue weighted by Crippen LogP contribution is -2.59. The number of aryl methyl sites for hydroxylation is 1. The molecule has 2 aromatic rings. The molecule has 0 spiro atoms. The van der Waals surface area contributed by atoms with Gasteiger partial charge in [0, 0.05) is 25.0 Å². The molecule has 0 aliphatic carbocycles. The highest BCUT2D eigenvalue weighted by molar-refractivity contribution is 6.38. The Bertz CT molecular complexity index is 1150. The van der Waals surface area contributed by atoms with E-state index in [4.69, 9.17) is 0 Å². The summed E-state index contributed by atoms with van der Waals surface area (Å²) in [7, 11) is 1.76. The van der Waals surface area contributed by atoms with E-state index in [1.165, 1.54) is 6.92 Å². The normalized spacial score (nSPS) is 13.7. The SMILES string of the molecule is CC(NC(=O)C(NC(=O)c1ccccc1)C(C)(C)C)C(=O)NC(C(=O)C(=O)NCc1nccn1C)C(C)C. The maximum Gasteiger partial charge on any atom is 0.289 e. The van der Waals surface area contributed by atoms with Gasteiger partial charge in [-0.2, -0.15) is 0 Å². The summed E-state index contributed by atoms with van der Waals surface area (Å²) in [6.45, 7) is 10.3. The molecule has 4 N–H and O–H groups in total. The van der Waals surface area contributed by atoms with Crippen molar-refractivity contribution in [3.63, 3.8) is 0 Å². The molecule has 0 saturated heterocycles. The van der Waals surface area contributed by atoms with Gasteiger partial charge in [-0.05, 0) is 30.4 Å². The number of Topliss-reactive ketones (excluding diaryl/α,β-unsaturated/α-hetero) is 1. The number of nitrogens with one attached hydrogen (secondary N) is 4. The molecule has 11 heteroatoms. The van der Waals surface area contributed by atoms with Crippen LogP contribution in [0.5, 0.6) is 0 Å². The van der Waals surface area contributed by atoms with Gasteiger partial charge >= 0.3 is 0 Å². The number of benzene rings is 1. The zero-order valence-electron chi connectivity index (χ0n) is 23.0. The number of rotatable bonds is 11. The Labute approximate surface area is 223 Å². The van der Waals surface area contributed by atoms with Crippen LogP contribution in [0.4, 0.5) is 0 Å². The molecule has 206 valence electrons. The van der Waals surface area contributed by atoms with E-state index < -0.39 is 53.0 Å². The van der Waals surface area contributed by atoms with Crippen LogP contribution in [0.15, 0.2) is 42.7 Å². The molecule has 0 radical (unpaired) electrons. The van der Waals surface area contributed by atoms with Crippen LogP contribution >= 0.6 is 0 Å². The third-order valence-electron chi connectivity index (χ3n) is 5.99. The Morgan fingerprint density at radius 1 is 0.921 bits per heavy atom. The fourth-order valence-electron chi connectivity index (χ4n) is 3.61. The second-order valence-electron chi connectivity index (χ2n) is 10.6. The van der Waals surface area contributed by atoms with Crippen molar-refractivity contribution in [2.75, 3.05) is 0 Å². The Balaban J connectivity index is 2.03. The van der Waals surface area contributed by atoms with Gasteiger partial charge in [-0.15, -0.1) is 0 Å². The van der Waals surface area contributed by atoms with E-state index in [0.717, 1.165) is 0 Å². The van der Waals surface area contributed by atoms with E-state index in [1.807, 2.05) is 0 Å². The number of imidazole rings is 1. The zero-order chi connectivity index (χ0) is 28.6. The third-order valence-corrected chi connectivity index (χ3v) is 5.99. The van der Waals surface area contributed by atoms with Gasteiger partial charge in [-0.3, -0.25) is 24.0 Å². The van der Waals surface area contributed by atoms with Gasteiger partial charge in [0.2, 0.25) is 17.6 Å². The van der Waals surface area contributed by atoms with Gasteiger partial charge < -0.3 is 25.8 Å². The summed E-state index contributed by atoms with van der Waals surface area (Å²) < 4.78 is 1.71. The zero-order valence-corrected chi connectivity index (χ0v) is 23.0. The number of carbonyl (C=O) groups excluding carboxylic acids is 5. The van der Waals surface area contributed by atoms with Crippen molar-refractivity contribution in [1.82, 2.24) is 30.8 Å². The first-order valence-electron chi connectivity index (χ1n) is 12.5. The number of hydrogen-bond donors (Lipinski definition) is 4. The minimum Gasteiger partial charge on any atom is -0.344 e. The molecule has 11 nitrogen and oxygen atoms in total. The van der Waals surface area contributed by atoms with Crippen molar-refractivity contribution < 1.29 is 24.0 Å². The van der Waals surface area contributed by atoms with Gasteiger partial charge in [0.25, 0.3) is 11.8 Å². The first kappa shape index (κ1) is 30.2. The van der Waals surface area contributed by atoms with Crippen LogP contribution in [0.2, 0.25) is 0 Å². The molecule has 4 amide bonds. The van der Waals surface area contributed by atoms with Crippen molar-refractivity contribution in [3.05, 3.63) is 54.1 Å². The lowest BCUT2D eigenvalue weighted by molar-refractivity contribution is -0.141. The Kier molecular flexibility index (Phi) is 10.3. The van der Waals surface area contributed by atoms with E-state index in [9.17, 15) is 24.0 Å². The third kappa shape index (κ3) is 8.25. The average molecular weight is 527 g/mol. The highest BCUT2D eigenvalue weighted by Crippen LogP contribution is 2.20. The van der Waals surface area contributed by atoms with Crippen molar-refractivity contribution in [1.29, 1.82) is 0 Å². The van der Waals surface area contributed by atoms with Crippen LogP contribution in [0.25, 0.3) is 0 Å². The predicted octanol–water partition coefficient (Wildman–Crippen LogP) is 1.10. The lowest BCUT2D eigenvalue weighted by atomic mass is 9.85. The molecule has 1 aromatic carbocycles. The number of hydrogen-bond acceptors (Lipinski definition) is 6. The first-order chi connectivity index (χ1) is 17.7. The summed E-state index contributed by atoms with van der Waals surface area (Å²) in [5, 5.41) is 10.5. The van der Waals surface area contributed by atoms with Gasteiger partial charge in [0.1, 0.15) is 17.9 Å². The van der Waals surface area contributed by atoms with Gasteiger partial charge in [0.15, 0.2) is 0 Å². The molecule has 3 atom stereocenters. The second-order valence-corrected chi connectivity index (χ2v) is 10.6. The summed E-state index contributed by atoms with van der Waals surface area (Å²) >= 11 is 0. The molecule has 0 aliphatic heterocycles. The van der Waals surface area contributed by atoms with E-state index in [0.29, 0.717) is 11.4 Å². The Morgan fingerprint density at radius 3 is 2.08 bits per heavy atom. The average Bonchev–Trinajstić information content (AvgIpc) is 3.27. The van der Waals surface area contributed by atoms with E-state index in [1.54, 1.807) is 89.0 Å². The molecule has 0 bridgehead atoms. The van der Waals surface area contributed by atoms with Crippen LogP contribution in [-0.4, -0.2) is 57.1 Å². The lowest BCUT2D eigenvalue weighted by Gasteiger charge is -2.31. The molecule has 38 heavy (non-hydrogen) atoms. The van der Waals surface area contributed by atoms with Crippen molar-refractivity contribution in [3.8, 4) is 0 Å². The highest BCUT2D eigenvalue weighted by Gasteiger charge is 2.36. The van der Waals surface area contributed by atoms with E-state index in [2.05, 4.69) is 26.3 Å². The van der Waals surface area contributed by atoms with Gasteiger partial charge in [-0.1, -0.05) is 52.8 Å². The maximum absolute atomic E-state index is 13.1. The molecular formula is C27H38N6O5. The molecule has 0 saturated carbocycles. The van der Waals surface area contributed by atoms with Crippen LogP contribution in [0, 0.1) is 11.3 Å². The van der Waals surface area contributed by atoms with Crippen LogP contribution in [0.1, 0.15) is 57.7 Å². The molecule has 0 fully saturated rings. The smallest absolute Gasteiger partial charge is 0.289 e. The van der Waals surface area contributed by atoms with Crippen LogP contribution < -0.4 is 21.3 Å². The number of aromatic nitrogens is 2. The Hall–Kier alpha value is -4.02. The Morgan fingerprint density at radius 2 is 1.55 bits per heavy atom. The number of carbonyl (C=O) groups is 5. The molecule has 1 aromatic heterocycles. The molecule has 1 heterocycles. The van der Waals surface area contributed by atoms with Gasteiger partial charge in [0.05, 0.1) is 12.6 Å². The monoisotopic (exact) mass is 526 g/mol. The standard InChI is InChI=1S/C27H38N6O5/c1-16(2)20(21(34)25(37)29-15-19-28-13-14-33(19)7)31-23(35)17(3)30-26(38)22(27(4,5)6)32-24(36)18-11-9-8-10-12-18/h8-14,16-17,20,22H,15H2,1-7H3,(H,29,37)(H,30,38)(H,31,35)(H,32,36). The van der Waals surface area contributed by atoms with Crippen molar-refractivity contribution in [2.24, 2.45) is 18.4 Å².